The summed E-state index contributed by atoms with van der Waals surface area (Å²) in [5.74, 6) is 1.32. The molecule has 0 bridgehead atoms. The van der Waals surface area contributed by atoms with E-state index in [4.69, 9.17) is 9.47 Å². The highest BCUT2D eigenvalue weighted by Crippen LogP contribution is 2.34. The first-order valence-corrected chi connectivity index (χ1v) is 10.0. The molecule has 1 aliphatic heterocycles. The number of hydrogen-bond acceptors (Lipinski definition) is 5. The van der Waals surface area contributed by atoms with Crippen molar-refractivity contribution in [3.8, 4) is 17.2 Å². The number of aromatic nitrogens is 3. The van der Waals surface area contributed by atoms with E-state index in [1.807, 2.05) is 70.2 Å². The van der Waals surface area contributed by atoms with E-state index in [1.165, 1.54) is 5.56 Å². The summed E-state index contributed by atoms with van der Waals surface area (Å²) in [5, 5.41) is 11.6. The number of rotatable bonds is 5. The summed E-state index contributed by atoms with van der Waals surface area (Å²) in [6, 6.07) is 13.8. The number of ether oxygens (including phenoxy) is 2. The minimum Gasteiger partial charge on any atom is -0.486 e. The molecule has 156 valence electrons. The topological polar surface area (TPSA) is 78.3 Å². The SMILES string of the molecule is Cc1ccc(-n2nnc(CC(=O)NC(C)(C)c3ccc4c(c3)OCCO4)c2C)cc1. The quantitative estimate of drug-likeness (QED) is 0.704. The standard InChI is InChI=1S/C23H26N4O3/c1-15-5-8-18(9-6-15)27-16(2)19(25-26-27)14-22(28)24-23(3,4)17-7-10-20-21(13-17)30-12-11-29-20/h5-10,13H,11-12,14H2,1-4H3,(H,24,28). The summed E-state index contributed by atoms with van der Waals surface area (Å²) < 4.78 is 13.0. The maximum absolute atomic E-state index is 12.8. The van der Waals surface area contributed by atoms with Gasteiger partial charge in [0.25, 0.3) is 0 Å². The van der Waals surface area contributed by atoms with E-state index in [-0.39, 0.29) is 12.3 Å². The molecule has 0 aliphatic carbocycles. The Morgan fingerprint density at radius 3 is 2.50 bits per heavy atom. The molecule has 1 aromatic heterocycles. The average molecular weight is 406 g/mol. The molecule has 1 N–H and O–H groups in total. The van der Waals surface area contributed by atoms with Crippen LogP contribution in [0.15, 0.2) is 42.5 Å². The molecule has 1 aliphatic rings. The molecule has 2 heterocycles. The molecule has 0 saturated carbocycles. The Hall–Kier alpha value is -3.35. The molecule has 7 nitrogen and oxygen atoms in total. The van der Waals surface area contributed by atoms with Gasteiger partial charge in [-0.3, -0.25) is 4.79 Å². The van der Waals surface area contributed by atoms with Crippen LogP contribution in [0.3, 0.4) is 0 Å². The molecule has 4 rings (SSSR count). The predicted molar refractivity (Wildman–Crippen MR) is 113 cm³/mol. The van der Waals surface area contributed by atoms with Gasteiger partial charge < -0.3 is 14.8 Å². The maximum atomic E-state index is 12.8. The number of carbonyl (C=O) groups excluding carboxylic acids is 1. The fourth-order valence-corrected chi connectivity index (χ4v) is 3.50. The zero-order chi connectivity index (χ0) is 21.3. The van der Waals surface area contributed by atoms with Crippen molar-refractivity contribution in [2.75, 3.05) is 13.2 Å². The molecular formula is C23H26N4O3. The van der Waals surface area contributed by atoms with Crippen LogP contribution in [0, 0.1) is 13.8 Å². The van der Waals surface area contributed by atoms with Crippen molar-refractivity contribution in [2.45, 2.75) is 39.7 Å². The maximum Gasteiger partial charge on any atom is 0.226 e. The molecule has 0 fully saturated rings. The van der Waals surface area contributed by atoms with Crippen LogP contribution in [0.25, 0.3) is 5.69 Å². The lowest BCUT2D eigenvalue weighted by Gasteiger charge is -2.28. The van der Waals surface area contributed by atoms with Gasteiger partial charge >= 0.3 is 0 Å². The minimum atomic E-state index is -0.576. The second kappa shape index (κ2) is 7.82. The number of hydrogen-bond donors (Lipinski definition) is 1. The molecule has 0 unspecified atom stereocenters. The third kappa shape index (κ3) is 4.01. The molecule has 0 atom stereocenters. The highest BCUT2D eigenvalue weighted by Gasteiger charge is 2.26. The van der Waals surface area contributed by atoms with Crippen molar-refractivity contribution in [2.24, 2.45) is 0 Å². The fraction of sp³-hybridized carbons (Fsp3) is 0.348. The van der Waals surface area contributed by atoms with Crippen LogP contribution in [0.2, 0.25) is 0 Å². The van der Waals surface area contributed by atoms with Crippen molar-refractivity contribution >= 4 is 5.91 Å². The van der Waals surface area contributed by atoms with E-state index in [2.05, 4.69) is 15.6 Å². The van der Waals surface area contributed by atoms with Crippen LogP contribution in [0.1, 0.15) is 36.4 Å². The molecule has 0 spiro atoms. The van der Waals surface area contributed by atoms with E-state index in [1.54, 1.807) is 4.68 Å². The molecule has 7 heteroatoms. The van der Waals surface area contributed by atoms with Gasteiger partial charge in [-0.05, 0) is 57.5 Å². The smallest absolute Gasteiger partial charge is 0.226 e. The van der Waals surface area contributed by atoms with Gasteiger partial charge in [-0.2, -0.15) is 0 Å². The van der Waals surface area contributed by atoms with Crippen LogP contribution in [-0.4, -0.2) is 34.1 Å². The molecule has 30 heavy (non-hydrogen) atoms. The van der Waals surface area contributed by atoms with E-state index >= 15 is 0 Å². The van der Waals surface area contributed by atoms with Crippen LogP contribution < -0.4 is 14.8 Å². The van der Waals surface area contributed by atoms with Gasteiger partial charge in [-0.1, -0.05) is 29.0 Å². The fourth-order valence-electron chi connectivity index (χ4n) is 3.50. The van der Waals surface area contributed by atoms with Crippen LogP contribution in [0.4, 0.5) is 0 Å². The first-order chi connectivity index (χ1) is 14.3. The molecule has 0 saturated heterocycles. The Balaban J connectivity index is 1.47. The van der Waals surface area contributed by atoms with Gasteiger partial charge in [0.05, 0.1) is 29.0 Å². The average Bonchev–Trinajstić information content (AvgIpc) is 3.08. The van der Waals surface area contributed by atoms with Crippen molar-refractivity contribution in [1.29, 1.82) is 0 Å². The second-order valence-corrected chi connectivity index (χ2v) is 8.08. The van der Waals surface area contributed by atoms with E-state index in [0.29, 0.717) is 24.7 Å². The van der Waals surface area contributed by atoms with Gasteiger partial charge in [0.2, 0.25) is 5.91 Å². The number of amides is 1. The van der Waals surface area contributed by atoms with Gasteiger partial charge in [0.15, 0.2) is 11.5 Å². The van der Waals surface area contributed by atoms with Crippen molar-refractivity contribution in [3.05, 3.63) is 65.0 Å². The first kappa shape index (κ1) is 19.9. The lowest BCUT2D eigenvalue weighted by molar-refractivity contribution is -0.122. The van der Waals surface area contributed by atoms with Crippen LogP contribution in [-0.2, 0) is 16.8 Å². The van der Waals surface area contributed by atoms with Crippen molar-refractivity contribution < 1.29 is 14.3 Å². The van der Waals surface area contributed by atoms with Crippen LogP contribution >= 0.6 is 0 Å². The minimum absolute atomic E-state index is 0.117. The molecule has 3 aromatic rings. The number of carbonyl (C=O) groups is 1. The third-order valence-corrected chi connectivity index (χ3v) is 5.31. The summed E-state index contributed by atoms with van der Waals surface area (Å²) in [5.41, 5.74) is 3.98. The zero-order valence-electron chi connectivity index (χ0n) is 17.7. The number of benzene rings is 2. The third-order valence-electron chi connectivity index (χ3n) is 5.31. The Kier molecular flexibility index (Phi) is 5.20. The zero-order valence-corrected chi connectivity index (χ0v) is 17.7. The number of aryl methyl sites for hydroxylation is 1. The Morgan fingerprint density at radius 1 is 1.07 bits per heavy atom. The lowest BCUT2D eigenvalue weighted by Crippen LogP contribution is -2.42. The second-order valence-electron chi connectivity index (χ2n) is 8.08. The van der Waals surface area contributed by atoms with Gasteiger partial charge in [-0.25, -0.2) is 4.68 Å². The Morgan fingerprint density at radius 2 is 1.77 bits per heavy atom. The van der Waals surface area contributed by atoms with Crippen molar-refractivity contribution in [3.63, 3.8) is 0 Å². The highest BCUT2D eigenvalue weighted by atomic mass is 16.6. The van der Waals surface area contributed by atoms with Crippen LogP contribution in [0.5, 0.6) is 11.5 Å². The van der Waals surface area contributed by atoms with Gasteiger partial charge in [0, 0.05) is 0 Å². The van der Waals surface area contributed by atoms with E-state index in [9.17, 15) is 4.79 Å². The summed E-state index contributed by atoms with van der Waals surface area (Å²) in [7, 11) is 0. The lowest BCUT2D eigenvalue weighted by atomic mass is 9.93. The van der Waals surface area contributed by atoms with Gasteiger partial charge in [0.1, 0.15) is 13.2 Å². The Bertz CT molecular complexity index is 1070. The number of nitrogens with one attached hydrogen (secondary N) is 1. The highest BCUT2D eigenvalue weighted by molar-refractivity contribution is 5.79. The van der Waals surface area contributed by atoms with E-state index in [0.717, 1.165) is 22.7 Å². The normalized spacial score (nSPS) is 13.2. The molecular weight excluding hydrogens is 380 g/mol. The molecule has 2 aromatic carbocycles. The number of nitrogens with zero attached hydrogens (tertiary/aromatic N) is 3. The first-order valence-electron chi connectivity index (χ1n) is 10.0. The Labute approximate surface area is 176 Å². The predicted octanol–water partition coefficient (Wildman–Crippen LogP) is 3.25. The summed E-state index contributed by atoms with van der Waals surface area (Å²) in [6.07, 6.45) is 0.158. The largest absolute Gasteiger partial charge is 0.486 e. The summed E-state index contributed by atoms with van der Waals surface area (Å²) in [4.78, 5) is 12.8. The van der Waals surface area contributed by atoms with Crippen molar-refractivity contribution in [1.82, 2.24) is 20.3 Å². The molecule has 0 radical (unpaired) electrons. The number of fused-ring (bicyclic) bond motifs is 1. The monoisotopic (exact) mass is 406 g/mol. The van der Waals surface area contributed by atoms with Gasteiger partial charge in [-0.15, -0.1) is 5.10 Å². The summed E-state index contributed by atoms with van der Waals surface area (Å²) in [6.45, 7) is 8.97. The molecule has 1 amide bonds. The summed E-state index contributed by atoms with van der Waals surface area (Å²) >= 11 is 0. The van der Waals surface area contributed by atoms with E-state index < -0.39 is 5.54 Å².